The molecule has 0 unspecified atom stereocenters. The normalized spacial score (nSPS) is 47.8. The molecule has 8 atom stereocenters. The highest BCUT2D eigenvalue weighted by Crippen LogP contribution is 2.67. The minimum Gasteiger partial charge on any atom is -0.458 e. The molecule has 0 spiro atoms. The van der Waals surface area contributed by atoms with Gasteiger partial charge in [-0.3, -0.25) is 19.2 Å². The predicted octanol–water partition coefficient (Wildman–Crippen LogP) is 2.86. The summed E-state index contributed by atoms with van der Waals surface area (Å²) < 4.78 is 4.87. The molecule has 0 aromatic rings. The van der Waals surface area contributed by atoms with E-state index in [0.717, 1.165) is 12.8 Å². The van der Waals surface area contributed by atoms with Crippen LogP contribution in [0.2, 0.25) is 0 Å². The highest BCUT2D eigenvalue weighted by Gasteiger charge is 2.69. The van der Waals surface area contributed by atoms with Crippen LogP contribution in [0.3, 0.4) is 0 Å². The third kappa shape index (κ3) is 2.85. The second kappa shape index (κ2) is 7.13. The fourth-order valence-electron chi connectivity index (χ4n) is 7.66. The Labute approximate surface area is 182 Å². The SMILES string of the molecule is CC(=O)OCC(=O)[C@@]1(O)CC[C@H]2[C@@H]3CC[C@H]4[C@@H](Cl)C(=O)CC[C@]4(C)[C@H]3C(=O)C[C@@]21C. The lowest BCUT2D eigenvalue weighted by molar-refractivity contribution is -0.180. The molecule has 0 heterocycles. The van der Waals surface area contributed by atoms with Crippen molar-refractivity contribution in [1.82, 2.24) is 0 Å². The molecule has 0 aliphatic heterocycles. The van der Waals surface area contributed by atoms with Crippen LogP contribution in [0.15, 0.2) is 0 Å². The number of ether oxygens (including phenoxy) is 1. The van der Waals surface area contributed by atoms with Crippen molar-refractivity contribution in [3.63, 3.8) is 0 Å². The predicted molar refractivity (Wildman–Crippen MR) is 109 cm³/mol. The Bertz CT molecular complexity index is 810. The van der Waals surface area contributed by atoms with Crippen molar-refractivity contribution in [2.75, 3.05) is 6.61 Å². The van der Waals surface area contributed by atoms with Crippen LogP contribution in [0.5, 0.6) is 0 Å². The Hall–Kier alpha value is -1.27. The zero-order valence-electron chi connectivity index (χ0n) is 17.9. The molecule has 4 saturated carbocycles. The lowest BCUT2D eigenvalue weighted by atomic mass is 9.44. The van der Waals surface area contributed by atoms with Gasteiger partial charge in [0.05, 0.1) is 5.38 Å². The van der Waals surface area contributed by atoms with E-state index in [-0.39, 0.29) is 53.5 Å². The van der Waals surface area contributed by atoms with Crippen molar-refractivity contribution in [2.45, 2.75) is 76.7 Å². The highest BCUT2D eigenvalue weighted by molar-refractivity contribution is 6.31. The fraction of sp³-hybridized carbons (Fsp3) is 0.826. The zero-order chi connectivity index (χ0) is 22.1. The third-order valence-corrected chi connectivity index (χ3v) is 9.77. The molecule has 0 bridgehead atoms. The minimum absolute atomic E-state index is 0.000795. The first kappa shape index (κ1) is 21.9. The summed E-state index contributed by atoms with van der Waals surface area (Å²) in [7, 11) is 0. The van der Waals surface area contributed by atoms with E-state index in [4.69, 9.17) is 16.3 Å². The molecule has 0 aromatic heterocycles. The number of halogens is 1. The van der Waals surface area contributed by atoms with E-state index >= 15 is 0 Å². The maximum Gasteiger partial charge on any atom is 0.303 e. The van der Waals surface area contributed by atoms with Gasteiger partial charge in [0.25, 0.3) is 0 Å². The number of hydrogen-bond donors (Lipinski definition) is 1. The molecule has 0 radical (unpaired) electrons. The summed E-state index contributed by atoms with van der Waals surface area (Å²) in [6.45, 7) is 4.73. The fourth-order valence-corrected chi connectivity index (χ4v) is 8.18. The van der Waals surface area contributed by atoms with E-state index in [1.54, 1.807) is 0 Å². The minimum atomic E-state index is -1.66. The van der Waals surface area contributed by atoms with Gasteiger partial charge in [0.2, 0.25) is 5.78 Å². The highest BCUT2D eigenvalue weighted by atomic mass is 35.5. The monoisotopic (exact) mass is 438 g/mol. The van der Waals surface area contributed by atoms with E-state index in [2.05, 4.69) is 6.92 Å². The first-order chi connectivity index (χ1) is 14.0. The van der Waals surface area contributed by atoms with Crippen molar-refractivity contribution in [2.24, 2.45) is 34.5 Å². The number of carbonyl (C=O) groups excluding carboxylic acids is 4. The van der Waals surface area contributed by atoms with Crippen molar-refractivity contribution in [1.29, 1.82) is 0 Å². The number of esters is 1. The second-order valence-corrected chi connectivity index (χ2v) is 10.9. The van der Waals surface area contributed by atoms with Crippen LogP contribution in [0, 0.1) is 34.5 Å². The maximum absolute atomic E-state index is 13.6. The van der Waals surface area contributed by atoms with Gasteiger partial charge in [-0.25, -0.2) is 0 Å². The van der Waals surface area contributed by atoms with E-state index in [1.807, 2.05) is 6.92 Å². The molecule has 0 saturated heterocycles. The molecule has 4 aliphatic rings. The van der Waals surface area contributed by atoms with Crippen LogP contribution in [0.4, 0.5) is 0 Å². The Morgan fingerprint density at radius 1 is 1.10 bits per heavy atom. The standard InChI is InChI=1S/C23H31ClO6/c1-12(25)30-11-18(28)23(29)9-6-14-13-4-5-15-20(24)16(26)7-8-21(15,2)19(13)17(27)10-22(14,23)3/h13-15,19-20,29H,4-11H2,1-3H3/t13-,14-,15-,19+,20+,21-,22-,23-/m0/s1. The molecule has 4 rings (SSSR count). The molecule has 166 valence electrons. The lowest BCUT2D eigenvalue weighted by Gasteiger charge is -2.60. The molecule has 4 fully saturated rings. The lowest BCUT2D eigenvalue weighted by Crippen LogP contribution is -2.63. The van der Waals surface area contributed by atoms with Gasteiger partial charge in [-0.15, -0.1) is 11.6 Å². The van der Waals surface area contributed by atoms with Crippen molar-refractivity contribution in [3.05, 3.63) is 0 Å². The molecular weight excluding hydrogens is 408 g/mol. The topological polar surface area (TPSA) is 97.7 Å². The zero-order valence-corrected chi connectivity index (χ0v) is 18.7. The Morgan fingerprint density at radius 3 is 2.47 bits per heavy atom. The van der Waals surface area contributed by atoms with E-state index < -0.39 is 34.8 Å². The quantitative estimate of drug-likeness (QED) is 0.537. The summed E-state index contributed by atoms with van der Waals surface area (Å²) in [6.07, 6.45) is 3.72. The molecule has 4 aliphatic carbocycles. The Kier molecular flexibility index (Phi) is 5.21. The van der Waals surface area contributed by atoms with Crippen LogP contribution in [-0.2, 0) is 23.9 Å². The van der Waals surface area contributed by atoms with Gasteiger partial charge in [-0.1, -0.05) is 13.8 Å². The number of Topliss-reactive ketones (excluding diaryl/α,β-unsaturated/α-hetero) is 3. The van der Waals surface area contributed by atoms with Crippen molar-refractivity contribution >= 4 is 34.9 Å². The van der Waals surface area contributed by atoms with Crippen molar-refractivity contribution < 1.29 is 29.0 Å². The Balaban J connectivity index is 1.65. The van der Waals surface area contributed by atoms with Gasteiger partial charge in [0.15, 0.2) is 12.4 Å². The van der Waals surface area contributed by atoms with Gasteiger partial charge >= 0.3 is 5.97 Å². The number of hydrogen-bond acceptors (Lipinski definition) is 6. The second-order valence-electron chi connectivity index (χ2n) is 10.5. The van der Waals surface area contributed by atoms with E-state index in [0.29, 0.717) is 19.3 Å². The van der Waals surface area contributed by atoms with E-state index in [9.17, 15) is 24.3 Å². The van der Waals surface area contributed by atoms with Crippen molar-refractivity contribution in [3.8, 4) is 0 Å². The first-order valence-electron chi connectivity index (χ1n) is 11.0. The third-order valence-electron chi connectivity index (χ3n) is 9.22. The molecule has 0 amide bonds. The average molecular weight is 439 g/mol. The van der Waals surface area contributed by atoms with Gasteiger partial charge in [-0.05, 0) is 55.3 Å². The smallest absolute Gasteiger partial charge is 0.303 e. The number of alkyl halides is 1. The molecule has 7 heteroatoms. The van der Waals surface area contributed by atoms with Crippen LogP contribution in [0.25, 0.3) is 0 Å². The van der Waals surface area contributed by atoms with E-state index in [1.165, 1.54) is 6.92 Å². The number of carbonyl (C=O) groups is 4. The summed E-state index contributed by atoms with van der Waals surface area (Å²) in [5.41, 5.74) is -2.84. The number of aliphatic hydroxyl groups is 1. The summed E-state index contributed by atoms with van der Waals surface area (Å²) in [5, 5.41) is 10.9. The first-order valence-corrected chi connectivity index (χ1v) is 11.5. The number of ketones is 3. The molecule has 30 heavy (non-hydrogen) atoms. The van der Waals surface area contributed by atoms with Crippen LogP contribution in [-0.4, -0.2) is 46.0 Å². The molecular formula is C23H31ClO6. The van der Waals surface area contributed by atoms with Gasteiger partial charge in [-0.2, -0.15) is 0 Å². The van der Waals surface area contributed by atoms with Gasteiger partial charge < -0.3 is 9.84 Å². The summed E-state index contributed by atoms with van der Waals surface area (Å²) >= 11 is 6.51. The molecule has 0 aromatic carbocycles. The van der Waals surface area contributed by atoms with Crippen LogP contribution >= 0.6 is 11.6 Å². The van der Waals surface area contributed by atoms with Crippen LogP contribution in [0.1, 0.15) is 65.7 Å². The molecule has 1 N–H and O–H groups in total. The maximum atomic E-state index is 13.6. The molecule has 6 nitrogen and oxygen atoms in total. The van der Waals surface area contributed by atoms with Gasteiger partial charge in [0, 0.05) is 31.1 Å². The number of rotatable bonds is 3. The average Bonchev–Trinajstić information content (AvgIpc) is 2.94. The summed E-state index contributed by atoms with van der Waals surface area (Å²) in [5.74, 6) is -1.00. The largest absolute Gasteiger partial charge is 0.458 e. The Morgan fingerprint density at radius 2 is 1.80 bits per heavy atom. The van der Waals surface area contributed by atoms with Crippen LogP contribution < -0.4 is 0 Å². The van der Waals surface area contributed by atoms with Gasteiger partial charge in [0.1, 0.15) is 11.4 Å². The summed E-state index contributed by atoms with van der Waals surface area (Å²) in [6, 6.07) is 0. The summed E-state index contributed by atoms with van der Waals surface area (Å²) in [4.78, 5) is 49.8. The number of fused-ring (bicyclic) bond motifs is 5.